The van der Waals surface area contributed by atoms with Gasteiger partial charge in [0.1, 0.15) is 24.0 Å². The maximum atomic E-state index is 12.9. The van der Waals surface area contributed by atoms with Crippen molar-refractivity contribution in [2.24, 2.45) is 5.92 Å². The largest absolute Gasteiger partial charge is 0.445 e. The van der Waals surface area contributed by atoms with E-state index >= 15 is 0 Å². The lowest BCUT2D eigenvalue weighted by Crippen LogP contribution is -2.55. The number of benzene rings is 1. The van der Waals surface area contributed by atoms with Crippen LogP contribution in [0.25, 0.3) is 11.2 Å². The molecule has 2 aromatic heterocycles. The van der Waals surface area contributed by atoms with E-state index < -0.39 is 35.8 Å². The van der Waals surface area contributed by atoms with E-state index in [2.05, 4.69) is 30.9 Å². The second-order valence-electron chi connectivity index (χ2n) is 9.64. The zero-order valence-electron chi connectivity index (χ0n) is 23.1. The highest BCUT2D eigenvalue weighted by atomic mass is 16.5. The van der Waals surface area contributed by atoms with Crippen LogP contribution in [0.5, 0.6) is 0 Å². The molecule has 0 unspecified atom stereocenters. The van der Waals surface area contributed by atoms with Crippen LogP contribution in [0.4, 0.5) is 10.6 Å². The number of nitrogens with one attached hydrogen (secondary N) is 3. The van der Waals surface area contributed by atoms with Crippen LogP contribution in [0, 0.1) is 12.8 Å². The number of Topliss-reactive ketones (excluding diaryl/α,β-unsaturated/α-hetero) is 1. The van der Waals surface area contributed by atoms with Crippen LogP contribution in [-0.4, -0.2) is 61.8 Å². The van der Waals surface area contributed by atoms with E-state index in [-0.39, 0.29) is 25.5 Å². The molecule has 0 aliphatic carbocycles. The number of nitrogens with two attached hydrogens (primary N) is 1. The number of alkyl carbamates (subject to hydrolysis) is 1. The molecule has 3 rings (SSSR count). The van der Waals surface area contributed by atoms with Crippen LogP contribution < -0.4 is 21.7 Å². The van der Waals surface area contributed by atoms with E-state index in [1.54, 1.807) is 38.6 Å². The first-order valence-corrected chi connectivity index (χ1v) is 13.1. The van der Waals surface area contributed by atoms with Crippen LogP contribution in [0.3, 0.4) is 0 Å². The molecule has 2 heterocycles. The number of rotatable bonds is 13. The Labute approximate surface area is 232 Å². The van der Waals surface area contributed by atoms with Crippen LogP contribution in [0.2, 0.25) is 0 Å². The summed E-state index contributed by atoms with van der Waals surface area (Å²) in [5.41, 5.74) is 7.79. The number of amides is 3. The van der Waals surface area contributed by atoms with Crippen molar-refractivity contribution in [3.05, 3.63) is 48.0 Å². The third kappa shape index (κ3) is 7.98. The number of ketones is 1. The number of anilines is 1. The minimum atomic E-state index is -1.05. The number of aromatic nitrogens is 4. The summed E-state index contributed by atoms with van der Waals surface area (Å²) in [5.74, 6) is -1.63. The Morgan fingerprint density at radius 1 is 1.07 bits per heavy atom. The van der Waals surface area contributed by atoms with E-state index in [4.69, 9.17) is 10.5 Å². The highest BCUT2D eigenvalue weighted by Gasteiger charge is 2.30. The van der Waals surface area contributed by atoms with E-state index in [0.29, 0.717) is 35.8 Å². The van der Waals surface area contributed by atoms with Gasteiger partial charge in [0.2, 0.25) is 11.7 Å². The van der Waals surface area contributed by atoms with Crippen LogP contribution in [-0.2, 0) is 32.3 Å². The fourth-order valence-corrected chi connectivity index (χ4v) is 3.98. The molecule has 3 aromatic rings. The first-order valence-electron chi connectivity index (χ1n) is 13.1. The lowest BCUT2D eigenvalue weighted by Gasteiger charge is -2.24. The summed E-state index contributed by atoms with van der Waals surface area (Å²) in [6, 6.07) is 7.13. The van der Waals surface area contributed by atoms with Crippen molar-refractivity contribution in [1.82, 2.24) is 35.5 Å². The summed E-state index contributed by atoms with van der Waals surface area (Å²) in [4.78, 5) is 63.2. The Kier molecular flexibility index (Phi) is 10.5. The molecule has 0 saturated heterocycles. The Hall–Kier alpha value is -4.55. The fraction of sp³-hybridized carbons (Fsp3) is 0.444. The van der Waals surface area contributed by atoms with Gasteiger partial charge in [-0.15, -0.1) is 0 Å². The number of ether oxygens (including phenoxy) is 1. The maximum absolute atomic E-state index is 12.9. The van der Waals surface area contributed by atoms with Gasteiger partial charge in [-0.2, -0.15) is 0 Å². The summed E-state index contributed by atoms with van der Waals surface area (Å²) in [7, 11) is 0. The number of aryl methyl sites for hydroxylation is 2. The summed E-state index contributed by atoms with van der Waals surface area (Å²) < 4.78 is 7.01. The maximum Gasteiger partial charge on any atom is 0.408 e. The first-order chi connectivity index (χ1) is 19.1. The normalized spacial score (nSPS) is 12.5. The monoisotopic (exact) mass is 552 g/mol. The summed E-state index contributed by atoms with van der Waals surface area (Å²) in [5, 5.41) is 7.74. The summed E-state index contributed by atoms with van der Waals surface area (Å²) >= 11 is 0. The van der Waals surface area contributed by atoms with Crippen LogP contribution in [0.15, 0.2) is 36.7 Å². The van der Waals surface area contributed by atoms with Gasteiger partial charge in [-0.05, 0) is 31.2 Å². The van der Waals surface area contributed by atoms with Crippen molar-refractivity contribution in [1.29, 1.82) is 0 Å². The van der Waals surface area contributed by atoms with Gasteiger partial charge < -0.3 is 31.0 Å². The average Bonchev–Trinajstić information content (AvgIpc) is 3.34. The minimum absolute atomic E-state index is 0.0494. The molecule has 13 nitrogen and oxygen atoms in total. The van der Waals surface area contributed by atoms with E-state index in [1.807, 2.05) is 30.3 Å². The van der Waals surface area contributed by atoms with Crippen LogP contribution >= 0.6 is 0 Å². The van der Waals surface area contributed by atoms with Gasteiger partial charge in [0.25, 0.3) is 5.91 Å². The highest BCUT2D eigenvalue weighted by molar-refractivity contribution is 6.38. The molecule has 13 heteroatoms. The van der Waals surface area contributed by atoms with Crippen molar-refractivity contribution >= 4 is 40.7 Å². The molecule has 3 amide bonds. The second kappa shape index (κ2) is 14.0. The number of carbonyl (C=O) groups excluding carboxylic acids is 4. The van der Waals surface area contributed by atoms with Crippen molar-refractivity contribution in [2.75, 3.05) is 12.3 Å². The van der Waals surface area contributed by atoms with Crippen molar-refractivity contribution < 1.29 is 23.9 Å². The molecule has 0 saturated carbocycles. The molecule has 1 aromatic carbocycles. The Morgan fingerprint density at radius 2 is 1.80 bits per heavy atom. The standard InChI is InChI=1S/C27H36N8O5/c1-5-19(33-25(37)20(16(2)3)34-27(39)40-14-18-10-7-6-8-11-18)22(36)26(38)29-12-9-13-35-15-30-21-23(28)31-17(4)32-24(21)35/h6-8,10-11,15-16,19-20H,5,9,12-14H2,1-4H3,(H,29,38)(H,33,37)(H,34,39)(H2,28,31,32)/t19-,20-/m0/s1. The van der Waals surface area contributed by atoms with Gasteiger partial charge in [0.15, 0.2) is 11.5 Å². The number of nitrogen functional groups attached to an aromatic ring is 1. The van der Waals surface area contributed by atoms with E-state index in [1.165, 1.54) is 0 Å². The van der Waals surface area contributed by atoms with Crippen molar-refractivity contribution in [3.63, 3.8) is 0 Å². The minimum Gasteiger partial charge on any atom is -0.445 e. The lowest BCUT2D eigenvalue weighted by atomic mass is 10.0. The van der Waals surface area contributed by atoms with Crippen molar-refractivity contribution in [2.45, 2.75) is 65.8 Å². The second-order valence-corrected chi connectivity index (χ2v) is 9.64. The van der Waals surface area contributed by atoms with Crippen molar-refractivity contribution in [3.8, 4) is 0 Å². The summed E-state index contributed by atoms with van der Waals surface area (Å²) in [6.07, 6.45) is 1.54. The molecule has 0 radical (unpaired) electrons. The van der Waals surface area contributed by atoms with E-state index in [0.717, 1.165) is 5.56 Å². The highest BCUT2D eigenvalue weighted by Crippen LogP contribution is 2.16. The third-order valence-corrected chi connectivity index (χ3v) is 6.16. The Balaban J connectivity index is 1.48. The van der Waals surface area contributed by atoms with Crippen LogP contribution in [0.1, 0.15) is 45.0 Å². The number of carbonyl (C=O) groups is 4. The Morgan fingerprint density at radius 3 is 2.48 bits per heavy atom. The van der Waals surface area contributed by atoms with Gasteiger partial charge in [0.05, 0.1) is 12.4 Å². The number of imidazole rings is 1. The smallest absolute Gasteiger partial charge is 0.408 e. The quantitative estimate of drug-likeness (QED) is 0.181. The molecule has 2 atom stereocenters. The molecule has 0 aliphatic rings. The molecule has 0 bridgehead atoms. The van der Waals surface area contributed by atoms with Gasteiger partial charge in [-0.1, -0.05) is 51.1 Å². The predicted molar refractivity (Wildman–Crippen MR) is 148 cm³/mol. The number of fused-ring (bicyclic) bond motifs is 1. The topological polar surface area (TPSA) is 183 Å². The lowest BCUT2D eigenvalue weighted by molar-refractivity contribution is -0.140. The number of hydrogen-bond donors (Lipinski definition) is 4. The van der Waals surface area contributed by atoms with Gasteiger partial charge in [-0.25, -0.2) is 19.7 Å². The van der Waals surface area contributed by atoms with E-state index in [9.17, 15) is 19.2 Å². The fourth-order valence-electron chi connectivity index (χ4n) is 3.98. The average molecular weight is 553 g/mol. The molecule has 5 N–H and O–H groups in total. The number of nitrogens with zero attached hydrogens (tertiary/aromatic N) is 4. The first kappa shape index (κ1) is 30.0. The molecular formula is C27H36N8O5. The zero-order valence-corrected chi connectivity index (χ0v) is 23.1. The number of hydrogen-bond acceptors (Lipinski definition) is 9. The zero-order chi connectivity index (χ0) is 29.2. The molecule has 40 heavy (non-hydrogen) atoms. The molecule has 214 valence electrons. The predicted octanol–water partition coefficient (Wildman–Crippen LogP) is 1.64. The SMILES string of the molecule is CC[C@H](NC(=O)[C@@H](NC(=O)OCc1ccccc1)C(C)C)C(=O)C(=O)NCCCn1cnc2c(N)nc(C)nc21. The van der Waals surface area contributed by atoms with Gasteiger partial charge >= 0.3 is 6.09 Å². The Bertz CT molecular complexity index is 1340. The molecule has 0 aliphatic heterocycles. The molecule has 0 fully saturated rings. The van der Waals surface area contributed by atoms with Gasteiger partial charge in [0, 0.05) is 13.1 Å². The molecular weight excluding hydrogens is 516 g/mol. The summed E-state index contributed by atoms with van der Waals surface area (Å²) in [6.45, 7) is 7.67. The molecule has 0 spiro atoms. The third-order valence-electron chi connectivity index (χ3n) is 6.16. The van der Waals surface area contributed by atoms with Gasteiger partial charge in [-0.3, -0.25) is 14.4 Å².